The van der Waals surface area contributed by atoms with Gasteiger partial charge in [0.1, 0.15) is 5.65 Å². The van der Waals surface area contributed by atoms with Crippen LogP contribution in [0.2, 0.25) is 0 Å². The fourth-order valence-electron chi connectivity index (χ4n) is 4.74. The van der Waals surface area contributed by atoms with Crippen LogP contribution in [-0.2, 0) is 13.0 Å². The molecule has 32 heavy (non-hydrogen) atoms. The summed E-state index contributed by atoms with van der Waals surface area (Å²) in [6.45, 7) is -0.790. The highest BCUT2D eigenvalue weighted by Crippen LogP contribution is 2.40. The lowest BCUT2D eigenvalue weighted by molar-refractivity contribution is -0.0513. The van der Waals surface area contributed by atoms with E-state index in [-0.39, 0.29) is 11.7 Å². The Hall–Kier alpha value is -3.15. The summed E-state index contributed by atoms with van der Waals surface area (Å²) in [5, 5.41) is 22.5. The Morgan fingerprint density at radius 3 is 2.94 bits per heavy atom. The molecule has 10 nitrogen and oxygen atoms in total. The number of nitrogens with zero attached hydrogens (tertiary/aromatic N) is 6. The second-order valence-corrected chi connectivity index (χ2v) is 8.58. The van der Waals surface area contributed by atoms with Gasteiger partial charge in [0.2, 0.25) is 5.95 Å². The summed E-state index contributed by atoms with van der Waals surface area (Å²) < 4.78 is 33.4. The lowest BCUT2D eigenvalue weighted by Gasteiger charge is -2.29. The van der Waals surface area contributed by atoms with E-state index in [4.69, 9.17) is 0 Å². The van der Waals surface area contributed by atoms with Crippen molar-refractivity contribution < 1.29 is 18.6 Å². The molecule has 1 aliphatic carbocycles. The van der Waals surface area contributed by atoms with Crippen LogP contribution in [0.1, 0.15) is 44.3 Å². The molecule has 0 saturated heterocycles. The number of alkyl halides is 2. The first-order chi connectivity index (χ1) is 15.3. The fourth-order valence-corrected chi connectivity index (χ4v) is 4.74. The number of aromatic nitrogens is 6. The quantitative estimate of drug-likeness (QED) is 0.609. The number of fused-ring (bicyclic) bond motifs is 2. The Kier molecular flexibility index (Phi) is 5.03. The number of pyridine rings is 1. The monoisotopic (exact) mass is 447 g/mol. The van der Waals surface area contributed by atoms with Crippen molar-refractivity contribution in [2.24, 2.45) is 0 Å². The second kappa shape index (κ2) is 7.76. The van der Waals surface area contributed by atoms with Crippen LogP contribution < -0.4 is 15.6 Å². The minimum atomic E-state index is -3.14. The van der Waals surface area contributed by atoms with Gasteiger partial charge in [-0.1, -0.05) is 5.21 Å². The molecule has 1 fully saturated rings. The van der Waals surface area contributed by atoms with Crippen molar-refractivity contribution in [3.05, 3.63) is 34.5 Å². The van der Waals surface area contributed by atoms with E-state index in [9.17, 15) is 18.7 Å². The summed E-state index contributed by atoms with van der Waals surface area (Å²) in [6, 6.07) is 0.657. The van der Waals surface area contributed by atoms with E-state index in [0.29, 0.717) is 43.6 Å². The molecule has 1 aliphatic heterocycles. The van der Waals surface area contributed by atoms with E-state index in [1.807, 2.05) is 4.68 Å². The smallest absolute Gasteiger partial charge is 0.387 e. The van der Waals surface area contributed by atoms with Gasteiger partial charge in [-0.3, -0.25) is 9.36 Å². The van der Waals surface area contributed by atoms with Gasteiger partial charge >= 0.3 is 6.61 Å². The number of hydrogen-bond donors (Lipinski definition) is 2. The highest BCUT2D eigenvalue weighted by molar-refractivity contribution is 5.77. The molecule has 0 amide bonds. The minimum absolute atomic E-state index is 0.0506. The number of rotatable bonds is 5. The van der Waals surface area contributed by atoms with Gasteiger partial charge in [0.25, 0.3) is 5.56 Å². The number of halogens is 2. The Morgan fingerprint density at radius 2 is 2.19 bits per heavy atom. The summed E-state index contributed by atoms with van der Waals surface area (Å²) in [5.41, 5.74) is -0.651. The Bertz CT molecular complexity index is 1210. The molecular weight excluding hydrogens is 424 g/mol. The number of aryl methyl sites for hydroxylation is 1. The van der Waals surface area contributed by atoms with Crippen LogP contribution in [0.25, 0.3) is 11.0 Å². The molecular formula is C20H23F2N7O3. The molecule has 0 bridgehead atoms. The molecule has 3 aromatic rings. The SMILES string of the molecule is C[C@@]1(O)CCC[C@H]1n1c(=O)c(OC(F)F)cc2cnc(NC3CCn4nncc4C3)nc21. The zero-order valence-electron chi connectivity index (χ0n) is 17.4. The maximum Gasteiger partial charge on any atom is 0.387 e. The van der Waals surface area contributed by atoms with Crippen LogP contribution in [0.15, 0.2) is 23.3 Å². The Balaban J connectivity index is 1.55. The van der Waals surface area contributed by atoms with Crippen LogP contribution in [-0.4, -0.2) is 52.9 Å². The first-order valence-corrected chi connectivity index (χ1v) is 10.6. The topological polar surface area (TPSA) is 120 Å². The third-order valence-corrected chi connectivity index (χ3v) is 6.32. The van der Waals surface area contributed by atoms with Gasteiger partial charge in [0, 0.05) is 30.6 Å². The number of nitrogens with one attached hydrogen (secondary N) is 1. The molecule has 1 unspecified atom stereocenters. The lowest BCUT2D eigenvalue weighted by Crippen LogP contribution is -2.38. The Morgan fingerprint density at radius 1 is 1.34 bits per heavy atom. The maximum atomic E-state index is 13.1. The minimum Gasteiger partial charge on any atom is -0.429 e. The predicted molar refractivity (Wildman–Crippen MR) is 110 cm³/mol. The van der Waals surface area contributed by atoms with E-state index in [1.54, 1.807) is 13.1 Å². The molecule has 2 aliphatic rings. The van der Waals surface area contributed by atoms with Gasteiger partial charge in [0.05, 0.1) is 23.5 Å². The molecule has 4 heterocycles. The molecule has 3 aromatic heterocycles. The highest BCUT2D eigenvalue weighted by atomic mass is 19.3. The molecule has 12 heteroatoms. The molecule has 2 N–H and O–H groups in total. The second-order valence-electron chi connectivity index (χ2n) is 8.58. The summed E-state index contributed by atoms with van der Waals surface area (Å²) in [5.74, 6) is -0.177. The lowest BCUT2D eigenvalue weighted by atomic mass is 10.00. The summed E-state index contributed by atoms with van der Waals surface area (Å²) in [6.07, 6.45) is 6.39. The molecule has 3 atom stereocenters. The van der Waals surface area contributed by atoms with E-state index in [0.717, 1.165) is 12.1 Å². The first-order valence-electron chi connectivity index (χ1n) is 10.6. The number of anilines is 1. The van der Waals surface area contributed by atoms with Crippen molar-refractivity contribution in [3.8, 4) is 5.75 Å². The van der Waals surface area contributed by atoms with Gasteiger partial charge in [-0.25, -0.2) is 9.67 Å². The van der Waals surface area contributed by atoms with Crippen molar-refractivity contribution in [3.63, 3.8) is 0 Å². The van der Waals surface area contributed by atoms with Crippen LogP contribution in [0.5, 0.6) is 5.75 Å². The fraction of sp³-hybridized carbons (Fsp3) is 0.550. The summed E-state index contributed by atoms with van der Waals surface area (Å²) in [4.78, 5) is 22.0. The van der Waals surface area contributed by atoms with Crippen molar-refractivity contribution in [2.45, 2.75) is 69.9 Å². The van der Waals surface area contributed by atoms with Crippen LogP contribution in [0.4, 0.5) is 14.7 Å². The van der Waals surface area contributed by atoms with E-state index >= 15 is 0 Å². The number of aliphatic hydroxyl groups is 1. The predicted octanol–water partition coefficient (Wildman–Crippen LogP) is 1.89. The van der Waals surface area contributed by atoms with Crippen LogP contribution in [0, 0.1) is 0 Å². The van der Waals surface area contributed by atoms with Gasteiger partial charge < -0.3 is 15.2 Å². The average molecular weight is 447 g/mol. The molecule has 170 valence electrons. The van der Waals surface area contributed by atoms with E-state index in [2.05, 4.69) is 30.3 Å². The third-order valence-electron chi connectivity index (χ3n) is 6.32. The van der Waals surface area contributed by atoms with Crippen molar-refractivity contribution in [1.29, 1.82) is 0 Å². The van der Waals surface area contributed by atoms with E-state index < -0.39 is 29.6 Å². The average Bonchev–Trinajstić information content (AvgIpc) is 3.34. The summed E-state index contributed by atoms with van der Waals surface area (Å²) >= 11 is 0. The third kappa shape index (κ3) is 3.68. The standard InChI is InChI=1S/C20H23F2N7O3/c1-20(31)5-2-3-15(20)29-16-11(7-14(17(29)30)32-18(21)22)9-23-19(26-16)25-12-4-6-28-13(8-12)10-24-27-28/h7,9-10,12,15,18,31H,2-6,8H2,1H3,(H,23,25,26)/t12?,15-,20-/m1/s1. The zero-order chi connectivity index (χ0) is 22.5. The molecule has 0 aromatic carbocycles. The molecule has 1 saturated carbocycles. The highest BCUT2D eigenvalue weighted by Gasteiger charge is 2.40. The van der Waals surface area contributed by atoms with Crippen molar-refractivity contribution >= 4 is 17.0 Å². The van der Waals surface area contributed by atoms with Gasteiger partial charge in [-0.05, 0) is 38.7 Å². The number of ether oxygens (including phenoxy) is 1. The summed E-state index contributed by atoms with van der Waals surface area (Å²) in [7, 11) is 0. The molecule has 5 rings (SSSR count). The molecule has 0 spiro atoms. The first kappa shape index (κ1) is 20.7. The van der Waals surface area contributed by atoms with Crippen LogP contribution in [0.3, 0.4) is 0 Å². The maximum absolute atomic E-state index is 13.1. The zero-order valence-corrected chi connectivity index (χ0v) is 17.4. The van der Waals surface area contributed by atoms with Crippen molar-refractivity contribution in [1.82, 2.24) is 29.5 Å². The normalized spacial score (nSPS) is 25.3. The van der Waals surface area contributed by atoms with E-state index in [1.165, 1.54) is 16.8 Å². The van der Waals surface area contributed by atoms with Gasteiger partial charge in [0.15, 0.2) is 5.75 Å². The molecule has 0 radical (unpaired) electrons. The largest absolute Gasteiger partial charge is 0.429 e. The van der Waals surface area contributed by atoms with Crippen molar-refractivity contribution in [2.75, 3.05) is 5.32 Å². The van der Waals surface area contributed by atoms with Gasteiger partial charge in [-0.2, -0.15) is 13.8 Å². The Labute approximate surface area is 181 Å². The number of hydrogen-bond acceptors (Lipinski definition) is 8. The van der Waals surface area contributed by atoms with Crippen LogP contribution >= 0.6 is 0 Å². The van der Waals surface area contributed by atoms with Gasteiger partial charge in [-0.15, -0.1) is 5.10 Å².